The van der Waals surface area contributed by atoms with E-state index in [1.165, 1.54) is 23.7 Å². The minimum Gasteiger partial charge on any atom is -0.362 e. The third-order valence-electron chi connectivity index (χ3n) is 3.93. The topological polar surface area (TPSA) is 118 Å². The van der Waals surface area contributed by atoms with Crippen molar-refractivity contribution in [3.8, 4) is 0 Å². The van der Waals surface area contributed by atoms with Crippen LogP contribution in [0.25, 0.3) is 6.08 Å². The van der Waals surface area contributed by atoms with Gasteiger partial charge >= 0.3 is 0 Å². The van der Waals surface area contributed by atoms with Crippen LogP contribution in [0.2, 0.25) is 0 Å². The Balaban J connectivity index is 2.04. The first-order chi connectivity index (χ1) is 12.5. The molecule has 0 aliphatic carbocycles. The molecule has 2 amide bonds. The predicted molar refractivity (Wildman–Crippen MR) is 101 cm³/mol. The number of carbonyl (C=O) groups is 2. The average Bonchev–Trinajstić information content (AvgIpc) is 2.97. The van der Waals surface area contributed by atoms with E-state index in [-0.39, 0.29) is 12.1 Å². The Kier molecular flexibility index (Phi) is 6.29. The van der Waals surface area contributed by atoms with Gasteiger partial charge in [0, 0.05) is 24.9 Å². The van der Waals surface area contributed by atoms with Crippen molar-refractivity contribution >= 4 is 35.5 Å². The van der Waals surface area contributed by atoms with Gasteiger partial charge in [-0.15, -0.1) is 0 Å². The highest BCUT2D eigenvalue weighted by Gasteiger charge is 2.26. The highest BCUT2D eigenvalue weighted by molar-refractivity contribution is 5.99. The summed E-state index contributed by atoms with van der Waals surface area (Å²) in [5.41, 5.74) is 4.49. The molecular weight excluding hydrogens is 334 g/mol. The van der Waals surface area contributed by atoms with Crippen LogP contribution in [0.1, 0.15) is 5.56 Å². The smallest absolute Gasteiger partial charge is 0.267 e. The first-order valence-corrected chi connectivity index (χ1v) is 7.87. The van der Waals surface area contributed by atoms with E-state index >= 15 is 0 Å². The number of carbonyl (C=O) groups excluding carboxylic acids is 2. The summed E-state index contributed by atoms with van der Waals surface area (Å²) in [5.74, 6) is -0.902. The summed E-state index contributed by atoms with van der Waals surface area (Å²) < 4.78 is 0. The van der Waals surface area contributed by atoms with Gasteiger partial charge in [0.1, 0.15) is 6.17 Å². The van der Waals surface area contributed by atoms with Crippen molar-refractivity contribution in [2.45, 2.75) is 6.17 Å². The van der Waals surface area contributed by atoms with Crippen LogP contribution < -0.4 is 21.0 Å². The van der Waals surface area contributed by atoms with E-state index in [4.69, 9.17) is 10.6 Å². The molecule has 0 radical (unpaired) electrons. The van der Waals surface area contributed by atoms with Crippen molar-refractivity contribution in [3.05, 3.63) is 54.1 Å². The van der Waals surface area contributed by atoms with Crippen LogP contribution in [-0.4, -0.2) is 43.0 Å². The lowest BCUT2D eigenvalue weighted by Crippen LogP contribution is -2.43. The largest absolute Gasteiger partial charge is 0.362 e. The molecule has 136 valence electrons. The van der Waals surface area contributed by atoms with Gasteiger partial charge in [0.2, 0.25) is 0 Å². The van der Waals surface area contributed by atoms with Crippen molar-refractivity contribution < 1.29 is 14.8 Å². The molecule has 0 aromatic heterocycles. The predicted octanol–water partition coefficient (Wildman–Crippen LogP) is 1.27. The fourth-order valence-corrected chi connectivity index (χ4v) is 2.54. The molecule has 0 fully saturated rings. The molecule has 0 spiro atoms. The average molecular weight is 355 g/mol. The molecule has 1 aliphatic rings. The first-order valence-electron chi connectivity index (χ1n) is 7.87. The third kappa shape index (κ3) is 4.37. The summed E-state index contributed by atoms with van der Waals surface area (Å²) in [6, 6.07) is 5.63. The lowest BCUT2D eigenvalue weighted by Gasteiger charge is -2.22. The normalized spacial score (nSPS) is 16.0. The van der Waals surface area contributed by atoms with Crippen LogP contribution in [-0.2, 0) is 9.59 Å². The van der Waals surface area contributed by atoms with Gasteiger partial charge in [-0.05, 0) is 29.8 Å². The number of nitrogens with one attached hydrogen (secondary N) is 4. The number of likely N-dealkylation sites (N-methyl/N-ethyl adjacent to an activating group) is 1. The molecule has 1 unspecified atom stereocenters. The first kappa shape index (κ1) is 18.9. The van der Waals surface area contributed by atoms with Gasteiger partial charge in [0.05, 0.1) is 17.9 Å². The minimum absolute atomic E-state index is 0.139. The Morgan fingerprint density at radius 1 is 1.46 bits per heavy atom. The Hall–Kier alpha value is -3.39. The van der Waals surface area contributed by atoms with E-state index in [1.54, 1.807) is 6.08 Å². The number of hydrogen-bond acceptors (Lipinski definition) is 6. The number of nitrogens with zero attached hydrogens (tertiary/aromatic N) is 1. The molecule has 1 atom stereocenters. The minimum atomic E-state index is -0.604. The van der Waals surface area contributed by atoms with E-state index in [2.05, 4.69) is 17.2 Å². The molecule has 1 aromatic carbocycles. The summed E-state index contributed by atoms with van der Waals surface area (Å²) in [5, 5.41) is 21.7. The zero-order valence-electron chi connectivity index (χ0n) is 14.3. The van der Waals surface area contributed by atoms with Gasteiger partial charge in [-0.25, -0.2) is 5.48 Å². The monoisotopic (exact) mass is 355 g/mol. The molecule has 0 bridgehead atoms. The summed E-state index contributed by atoms with van der Waals surface area (Å²) >= 11 is 0. The lowest BCUT2D eigenvalue weighted by atomic mass is 10.1. The number of rotatable bonds is 7. The number of hydrogen-bond donors (Lipinski definition) is 5. The summed E-state index contributed by atoms with van der Waals surface area (Å²) in [7, 11) is 1.91. The Morgan fingerprint density at radius 2 is 2.23 bits per heavy atom. The fraction of sp³-hybridized carbons (Fsp3) is 0.167. The van der Waals surface area contributed by atoms with Gasteiger partial charge in [-0.2, -0.15) is 0 Å². The van der Waals surface area contributed by atoms with E-state index in [0.29, 0.717) is 12.1 Å². The lowest BCUT2D eigenvalue weighted by molar-refractivity contribution is -0.124. The van der Waals surface area contributed by atoms with Crippen molar-refractivity contribution in [1.82, 2.24) is 10.8 Å². The van der Waals surface area contributed by atoms with Crippen molar-refractivity contribution in [3.63, 3.8) is 0 Å². The molecular formula is C18H21N5O3. The summed E-state index contributed by atoms with van der Waals surface area (Å²) in [4.78, 5) is 25.1. The summed E-state index contributed by atoms with van der Waals surface area (Å²) in [6.07, 6.45) is 6.50. The molecule has 0 saturated carbocycles. The molecule has 26 heavy (non-hydrogen) atoms. The SMILES string of the molecule is C=C/C(=C\C=N)C(=O)NCC1Nc2cc(/C=C/C(=O)NO)ccc2N1C. The Labute approximate surface area is 151 Å². The number of amides is 2. The van der Waals surface area contributed by atoms with Crippen LogP contribution >= 0.6 is 0 Å². The number of allylic oxidation sites excluding steroid dienone is 1. The zero-order chi connectivity index (χ0) is 19.1. The summed E-state index contributed by atoms with van der Waals surface area (Å²) in [6.45, 7) is 3.92. The standard InChI is InChI=1S/C18H21N5O3/c1-3-13(8-9-19)18(25)20-11-16-21-14-10-12(5-7-17(24)22-26)4-6-15(14)23(16)2/h3-10,16,19,21,26H,1,11H2,2H3,(H,20,25)(H,22,24)/b7-5+,13-8+,19-9?. The number of benzene rings is 1. The van der Waals surface area contributed by atoms with Crippen LogP contribution in [0, 0.1) is 5.41 Å². The van der Waals surface area contributed by atoms with Crippen molar-refractivity contribution in [2.75, 3.05) is 23.8 Å². The van der Waals surface area contributed by atoms with E-state index in [0.717, 1.165) is 23.2 Å². The van der Waals surface area contributed by atoms with Gasteiger partial charge in [-0.1, -0.05) is 18.7 Å². The van der Waals surface area contributed by atoms with Crippen LogP contribution in [0.4, 0.5) is 11.4 Å². The third-order valence-corrected chi connectivity index (χ3v) is 3.93. The Bertz CT molecular complexity index is 785. The van der Waals surface area contributed by atoms with E-state index in [1.807, 2.05) is 30.1 Å². The molecule has 1 aromatic rings. The van der Waals surface area contributed by atoms with Crippen LogP contribution in [0.3, 0.4) is 0 Å². The van der Waals surface area contributed by atoms with Gasteiger partial charge in [0.25, 0.3) is 11.8 Å². The number of fused-ring (bicyclic) bond motifs is 1. The molecule has 5 N–H and O–H groups in total. The maximum atomic E-state index is 12.1. The highest BCUT2D eigenvalue weighted by Crippen LogP contribution is 2.34. The molecule has 2 rings (SSSR count). The highest BCUT2D eigenvalue weighted by atomic mass is 16.5. The second-order valence-electron chi connectivity index (χ2n) is 5.56. The maximum absolute atomic E-state index is 12.1. The molecule has 0 saturated heterocycles. The van der Waals surface area contributed by atoms with E-state index in [9.17, 15) is 9.59 Å². The van der Waals surface area contributed by atoms with Crippen LogP contribution in [0.5, 0.6) is 0 Å². The number of hydroxylamine groups is 1. The molecule has 8 nitrogen and oxygen atoms in total. The van der Waals surface area contributed by atoms with Gasteiger partial charge in [-0.3, -0.25) is 14.8 Å². The zero-order valence-corrected chi connectivity index (χ0v) is 14.3. The van der Waals surface area contributed by atoms with E-state index < -0.39 is 5.91 Å². The number of anilines is 2. The van der Waals surface area contributed by atoms with Gasteiger partial charge in [0.15, 0.2) is 0 Å². The maximum Gasteiger partial charge on any atom is 0.267 e. The molecule has 1 heterocycles. The molecule has 8 heteroatoms. The van der Waals surface area contributed by atoms with Gasteiger partial charge < -0.3 is 20.9 Å². The van der Waals surface area contributed by atoms with Crippen molar-refractivity contribution in [1.29, 1.82) is 5.41 Å². The second-order valence-corrected chi connectivity index (χ2v) is 5.56. The fourth-order valence-electron chi connectivity index (χ4n) is 2.54. The van der Waals surface area contributed by atoms with Crippen LogP contribution in [0.15, 0.2) is 48.6 Å². The Morgan fingerprint density at radius 3 is 2.88 bits per heavy atom. The molecule has 1 aliphatic heterocycles. The second kappa shape index (κ2) is 8.63. The van der Waals surface area contributed by atoms with Crippen molar-refractivity contribution in [2.24, 2.45) is 0 Å². The quantitative estimate of drug-likeness (QED) is 0.166.